The second kappa shape index (κ2) is 11.1. The van der Waals surface area contributed by atoms with Gasteiger partial charge in [0, 0.05) is 17.0 Å². The second-order valence-corrected chi connectivity index (χ2v) is 12.9. The first-order valence-electron chi connectivity index (χ1n) is 16.4. The fraction of sp³-hybridized carbons (Fsp3) is 0.114. The summed E-state index contributed by atoms with van der Waals surface area (Å²) in [6.07, 6.45) is -2.03. The summed E-state index contributed by atoms with van der Waals surface area (Å²) in [7, 11) is 0. The van der Waals surface area contributed by atoms with E-state index >= 15 is 0 Å². The van der Waals surface area contributed by atoms with Crippen LogP contribution in [0.15, 0.2) is 145 Å². The lowest BCUT2D eigenvalue weighted by molar-refractivity contribution is -0.137. The van der Waals surface area contributed by atoms with Gasteiger partial charge in [-0.1, -0.05) is 127 Å². The zero-order valence-electron chi connectivity index (χ0n) is 26.1. The van der Waals surface area contributed by atoms with E-state index in [9.17, 15) is 13.2 Å². The van der Waals surface area contributed by atoms with Crippen LogP contribution in [0, 0.1) is 0 Å². The summed E-state index contributed by atoms with van der Waals surface area (Å²) >= 11 is 0. The molecule has 0 spiro atoms. The molecule has 0 N–H and O–H groups in total. The Morgan fingerprint density at radius 3 is 1.90 bits per heavy atom. The van der Waals surface area contributed by atoms with E-state index in [1.54, 1.807) is 12.1 Å². The van der Waals surface area contributed by atoms with E-state index in [4.69, 9.17) is 4.99 Å². The van der Waals surface area contributed by atoms with Gasteiger partial charge in [0.25, 0.3) is 0 Å². The van der Waals surface area contributed by atoms with Crippen LogP contribution in [0.2, 0.25) is 0 Å². The first kappa shape index (κ1) is 28.7. The molecule has 1 aliphatic heterocycles. The third-order valence-electron chi connectivity index (χ3n) is 10.2. The molecule has 1 nitrogen and oxygen atoms in total. The number of benzene rings is 7. The Balaban J connectivity index is 1.17. The van der Waals surface area contributed by atoms with Gasteiger partial charge in [-0.2, -0.15) is 13.2 Å². The van der Waals surface area contributed by atoms with E-state index in [1.165, 1.54) is 45.5 Å². The van der Waals surface area contributed by atoms with E-state index in [1.807, 2.05) is 24.3 Å². The Kier molecular flexibility index (Phi) is 6.62. The minimum absolute atomic E-state index is 0.120. The van der Waals surface area contributed by atoms with Crippen molar-refractivity contribution in [3.63, 3.8) is 0 Å². The number of fused-ring (bicyclic) bond motifs is 9. The van der Waals surface area contributed by atoms with Gasteiger partial charge in [0.05, 0.1) is 11.3 Å². The van der Waals surface area contributed by atoms with Gasteiger partial charge in [0.1, 0.15) is 0 Å². The first-order chi connectivity index (χ1) is 23.4. The molecule has 0 amide bonds. The molecular weight excluding hydrogens is 599 g/mol. The van der Waals surface area contributed by atoms with Crippen LogP contribution in [0.4, 0.5) is 18.9 Å². The highest BCUT2D eigenvalue weighted by Crippen LogP contribution is 2.48. The molecule has 232 valence electrons. The van der Waals surface area contributed by atoms with Crippen molar-refractivity contribution < 1.29 is 13.2 Å². The average Bonchev–Trinajstić information content (AvgIpc) is 3.38. The van der Waals surface area contributed by atoms with Crippen molar-refractivity contribution >= 4 is 32.9 Å². The minimum Gasteiger partial charge on any atom is -0.252 e. The van der Waals surface area contributed by atoms with E-state index in [0.29, 0.717) is 6.42 Å². The van der Waals surface area contributed by atoms with Crippen LogP contribution in [-0.2, 0) is 12.6 Å². The number of hydrogen-bond donors (Lipinski definition) is 0. The fourth-order valence-electron chi connectivity index (χ4n) is 7.96. The average molecular weight is 630 g/mol. The van der Waals surface area contributed by atoms with Gasteiger partial charge in [-0.15, -0.1) is 0 Å². The summed E-state index contributed by atoms with van der Waals surface area (Å²) < 4.78 is 40.6. The molecule has 1 unspecified atom stereocenters. The number of hydrogen-bond acceptors (Lipinski definition) is 1. The van der Waals surface area contributed by atoms with Crippen LogP contribution >= 0.6 is 0 Å². The van der Waals surface area contributed by atoms with E-state index in [0.717, 1.165) is 62.5 Å². The van der Waals surface area contributed by atoms with E-state index in [2.05, 4.69) is 91.0 Å². The third kappa shape index (κ3) is 4.66. The van der Waals surface area contributed by atoms with E-state index in [-0.39, 0.29) is 5.92 Å². The van der Waals surface area contributed by atoms with Crippen LogP contribution < -0.4 is 0 Å². The molecule has 2 aliphatic rings. The van der Waals surface area contributed by atoms with Crippen molar-refractivity contribution in [3.8, 4) is 22.3 Å². The van der Waals surface area contributed by atoms with Crippen LogP contribution in [0.1, 0.15) is 52.1 Å². The highest BCUT2D eigenvalue weighted by molar-refractivity contribution is 6.17. The van der Waals surface area contributed by atoms with E-state index < -0.39 is 11.7 Å². The van der Waals surface area contributed by atoms with Crippen molar-refractivity contribution in [2.45, 2.75) is 31.4 Å². The summed E-state index contributed by atoms with van der Waals surface area (Å²) in [5.74, 6) is -0.120. The maximum absolute atomic E-state index is 13.5. The largest absolute Gasteiger partial charge is 0.416 e. The highest BCUT2D eigenvalue weighted by Gasteiger charge is 2.32. The molecule has 0 saturated heterocycles. The molecule has 1 heterocycles. The zero-order valence-corrected chi connectivity index (χ0v) is 26.1. The van der Waals surface area contributed by atoms with Crippen molar-refractivity contribution in [1.29, 1.82) is 0 Å². The Morgan fingerprint density at radius 2 is 1.15 bits per heavy atom. The Bertz CT molecular complexity index is 2400. The standard InChI is InChI=1S/C44H30F3N/c45-44(46,47)31-22-20-28(21-23-31)34-24-25-41(48-43-39-13-6-4-11-37(39)36-10-3-5-12-38(36)42(34)43)29-18-16-27(17-19-29)32-14-7-15-35-33-9-2-1-8-30(33)26-40(32)35/h1-23,34H,24-26H2. The molecule has 4 heteroatoms. The monoisotopic (exact) mass is 629 g/mol. The lowest BCUT2D eigenvalue weighted by atomic mass is 9.82. The maximum Gasteiger partial charge on any atom is 0.416 e. The minimum atomic E-state index is -4.38. The van der Waals surface area contributed by atoms with Crippen LogP contribution in [0.25, 0.3) is 43.8 Å². The molecule has 0 radical (unpaired) electrons. The summed E-state index contributed by atoms with van der Waals surface area (Å²) in [6.45, 7) is 0. The Labute approximate surface area is 277 Å². The van der Waals surface area contributed by atoms with Crippen molar-refractivity contribution in [1.82, 2.24) is 0 Å². The summed E-state index contributed by atoms with van der Waals surface area (Å²) in [4.78, 5) is 5.44. The lowest BCUT2D eigenvalue weighted by Crippen LogP contribution is -2.07. The molecule has 9 rings (SSSR count). The third-order valence-corrected chi connectivity index (χ3v) is 10.2. The molecule has 0 saturated carbocycles. The number of aliphatic imine (C=N–C) groups is 1. The van der Waals surface area contributed by atoms with Gasteiger partial charge in [-0.05, 0) is 97.6 Å². The molecule has 7 aromatic rings. The first-order valence-corrected chi connectivity index (χ1v) is 16.4. The van der Waals surface area contributed by atoms with Crippen molar-refractivity contribution in [2.75, 3.05) is 0 Å². The topological polar surface area (TPSA) is 12.4 Å². The molecule has 0 fully saturated rings. The predicted molar refractivity (Wildman–Crippen MR) is 190 cm³/mol. The lowest BCUT2D eigenvalue weighted by Gasteiger charge is -2.22. The molecule has 0 bridgehead atoms. The molecule has 1 atom stereocenters. The van der Waals surface area contributed by atoms with Crippen molar-refractivity contribution in [3.05, 3.63) is 173 Å². The quantitative estimate of drug-likeness (QED) is 0.172. The van der Waals surface area contributed by atoms with Gasteiger partial charge in [0.2, 0.25) is 0 Å². The number of halogens is 3. The van der Waals surface area contributed by atoms with Gasteiger partial charge in [0.15, 0.2) is 0 Å². The van der Waals surface area contributed by atoms with Crippen molar-refractivity contribution in [2.24, 2.45) is 4.99 Å². The Hall–Kier alpha value is -5.48. The molecule has 1 aliphatic carbocycles. The van der Waals surface area contributed by atoms with Crippen LogP contribution in [0.3, 0.4) is 0 Å². The van der Waals surface area contributed by atoms with Gasteiger partial charge >= 0.3 is 6.18 Å². The Morgan fingerprint density at radius 1 is 0.542 bits per heavy atom. The fourth-order valence-corrected chi connectivity index (χ4v) is 7.96. The SMILES string of the molecule is FC(F)(F)c1ccc(C2CCC(c3ccc(-c4cccc5c4Cc4ccccc4-5)cc3)=Nc3c2c2ccccc2c2ccccc32)cc1. The number of rotatable bonds is 3. The summed E-state index contributed by atoms with van der Waals surface area (Å²) in [5.41, 5.74) is 12.1. The molecule has 48 heavy (non-hydrogen) atoms. The van der Waals surface area contributed by atoms with Gasteiger partial charge in [-0.3, -0.25) is 4.99 Å². The molecular formula is C44H30F3N. The number of nitrogens with zero attached hydrogens (tertiary/aromatic N) is 1. The molecule has 0 aromatic heterocycles. The second-order valence-electron chi connectivity index (χ2n) is 12.9. The van der Waals surface area contributed by atoms with Gasteiger partial charge in [-0.25, -0.2) is 0 Å². The summed E-state index contributed by atoms with van der Waals surface area (Å²) in [5, 5.41) is 4.40. The normalized spacial score (nSPS) is 15.5. The predicted octanol–water partition coefficient (Wildman–Crippen LogP) is 12.3. The van der Waals surface area contributed by atoms with Crippen LogP contribution in [-0.4, -0.2) is 5.71 Å². The smallest absolute Gasteiger partial charge is 0.252 e. The highest BCUT2D eigenvalue weighted by atomic mass is 19.4. The van der Waals surface area contributed by atoms with Gasteiger partial charge < -0.3 is 0 Å². The molecule has 7 aromatic carbocycles. The maximum atomic E-state index is 13.5. The number of alkyl halides is 3. The summed E-state index contributed by atoms with van der Waals surface area (Å²) in [6, 6.07) is 46.4. The zero-order chi connectivity index (χ0) is 32.4. The van der Waals surface area contributed by atoms with Crippen LogP contribution in [0.5, 0.6) is 0 Å².